The fourth-order valence-electron chi connectivity index (χ4n) is 3.16. The highest BCUT2D eigenvalue weighted by atomic mass is 35.5. The van der Waals surface area contributed by atoms with Gasteiger partial charge in [0.1, 0.15) is 18.2 Å². The molecule has 8 heteroatoms. The second kappa shape index (κ2) is 9.28. The van der Waals surface area contributed by atoms with Crippen molar-refractivity contribution in [2.75, 3.05) is 11.9 Å². The number of carbonyl (C=O) groups is 2. The Bertz CT molecular complexity index is 1010. The normalized spacial score (nSPS) is 17.0. The molecule has 2 amide bonds. The fourth-order valence-corrected chi connectivity index (χ4v) is 3.43. The zero-order chi connectivity index (χ0) is 21.8. The minimum Gasteiger partial charge on any atom is -0.489 e. The lowest BCUT2D eigenvalue weighted by Gasteiger charge is -2.24. The topological polar surface area (TPSA) is 87.7 Å². The summed E-state index contributed by atoms with van der Waals surface area (Å²) >= 11 is 6.19. The summed E-state index contributed by atoms with van der Waals surface area (Å²) in [6.45, 7) is 3.41. The van der Waals surface area contributed by atoms with Gasteiger partial charge in [-0.1, -0.05) is 23.7 Å². The van der Waals surface area contributed by atoms with Crippen LogP contribution in [-0.4, -0.2) is 29.6 Å². The molecule has 3 N–H and O–H groups in total. The fraction of sp³-hybridized carbons (Fsp3) is 0.273. The molecule has 0 aromatic heterocycles. The number of halogens is 2. The molecule has 2 atom stereocenters. The van der Waals surface area contributed by atoms with Gasteiger partial charge in [-0.3, -0.25) is 9.59 Å². The van der Waals surface area contributed by atoms with Crippen LogP contribution < -0.4 is 15.4 Å². The second-order valence-electron chi connectivity index (χ2n) is 7.19. The van der Waals surface area contributed by atoms with Gasteiger partial charge in [0, 0.05) is 35.9 Å². The largest absolute Gasteiger partial charge is 0.489 e. The van der Waals surface area contributed by atoms with E-state index in [1.807, 2.05) is 0 Å². The first-order valence-corrected chi connectivity index (χ1v) is 9.79. The van der Waals surface area contributed by atoms with Crippen molar-refractivity contribution < 1.29 is 23.8 Å². The van der Waals surface area contributed by atoms with E-state index in [1.165, 1.54) is 18.3 Å². The predicted molar refractivity (Wildman–Crippen MR) is 112 cm³/mol. The summed E-state index contributed by atoms with van der Waals surface area (Å²) in [6, 6.07) is 9.08. The van der Waals surface area contributed by atoms with Gasteiger partial charge in [0.2, 0.25) is 5.91 Å². The van der Waals surface area contributed by atoms with E-state index in [0.29, 0.717) is 33.2 Å². The number of aliphatic hydroxyl groups excluding tert-OH is 1. The number of rotatable bonds is 6. The van der Waals surface area contributed by atoms with Crippen LogP contribution in [0.5, 0.6) is 5.75 Å². The Morgan fingerprint density at radius 2 is 2.17 bits per heavy atom. The van der Waals surface area contributed by atoms with Crippen LogP contribution in [0, 0.1) is 12.7 Å². The van der Waals surface area contributed by atoms with Crippen LogP contribution in [0.1, 0.15) is 30.4 Å². The minimum absolute atomic E-state index is 0.0328. The van der Waals surface area contributed by atoms with E-state index in [0.717, 1.165) is 0 Å². The van der Waals surface area contributed by atoms with Crippen molar-refractivity contribution in [3.8, 4) is 5.75 Å². The Hall–Kier alpha value is -2.90. The maximum Gasteiger partial charge on any atom is 0.253 e. The Labute approximate surface area is 178 Å². The van der Waals surface area contributed by atoms with Gasteiger partial charge >= 0.3 is 0 Å². The Morgan fingerprint density at radius 1 is 1.40 bits per heavy atom. The molecule has 0 spiro atoms. The molecular weight excluding hydrogens is 411 g/mol. The summed E-state index contributed by atoms with van der Waals surface area (Å²) in [5.41, 5.74) is 2.03. The standard InChI is InChI=1S/C22H22ClFN2O4/c1-12-6-18(23)20(30-11-13(2)27)9-19(12)26-22(29)17-10-25-21(28)8-16(17)14-4-3-5-15(24)7-14/h3-7,9-10,13,16,27H,8,11H2,1-2H3,(H,25,28)(H,26,29). The van der Waals surface area contributed by atoms with Crippen molar-refractivity contribution in [3.63, 3.8) is 0 Å². The lowest BCUT2D eigenvalue weighted by molar-refractivity contribution is -0.121. The van der Waals surface area contributed by atoms with Gasteiger partial charge in [-0.2, -0.15) is 0 Å². The van der Waals surface area contributed by atoms with Gasteiger partial charge in [-0.15, -0.1) is 0 Å². The van der Waals surface area contributed by atoms with Gasteiger partial charge in [-0.25, -0.2) is 4.39 Å². The molecule has 1 aliphatic heterocycles. The van der Waals surface area contributed by atoms with Gasteiger partial charge in [0.25, 0.3) is 5.91 Å². The van der Waals surface area contributed by atoms with E-state index in [9.17, 15) is 19.1 Å². The lowest BCUT2D eigenvalue weighted by atomic mass is 9.86. The smallest absolute Gasteiger partial charge is 0.253 e. The highest BCUT2D eigenvalue weighted by Crippen LogP contribution is 2.34. The first kappa shape index (κ1) is 21.8. The first-order chi connectivity index (χ1) is 14.2. The Balaban J connectivity index is 1.86. The summed E-state index contributed by atoms with van der Waals surface area (Å²) in [7, 11) is 0. The number of aliphatic hydroxyl groups is 1. The molecule has 0 saturated heterocycles. The monoisotopic (exact) mass is 432 g/mol. The summed E-state index contributed by atoms with van der Waals surface area (Å²) in [6.07, 6.45) is 0.709. The van der Waals surface area contributed by atoms with Crippen LogP contribution in [-0.2, 0) is 9.59 Å². The van der Waals surface area contributed by atoms with Crippen LogP contribution in [0.15, 0.2) is 48.2 Å². The van der Waals surface area contributed by atoms with Crippen molar-refractivity contribution >= 4 is 29.1 Å². The molecule has 158 valence electrons. The van der Waals surface area contributed by atoms with Crippen molar-refractivity contribution in [2.24, 2.45) is 0 Å². The van der Waals surface area contributed by atoms with Crippen LogP contribution in [0.2, 0.25) is 5.02 Å². The van der Waals surface area contributed by atoms with Crippen LogP contribution in [0.4, 0.5) is 10.1 Å². The quantitative estimate of drug-likeness (QED) is 0.650. The maximum absolute atomic E-state index is 13.7. The number of aryl methyl sites for hydroxylation is 1. The molecule has 2 unspecified atom stereocenters. The van der Waals surface area contributed by atoms with Crippen LogP contribution in [0.3, 0.4) is 0 Å². The molecule has 3 rings (SSSR count). The molecular formula is C22H22ClFN2O4. The number of anilines is 1. The van der Waals surface area contributed by atoms with Crippen molar-refractivity contribution in [1.82, 2.24) is 5.32 Å². The van der Waals surface area contributed by atoms with Gasteiger partial charge < -0.3 is 20.5 Å². The molecule has 1 heterocycles. The maximum atomic E-state index is 13.7. The van der Waals surface area contributed by atoms with E-state index in [4.69, 9.17) is 16.3 Å². The molecule has 1 aliphatic rings. The number of hydrogen-bond acceptors (Lipinski definition) is 4. The first-order valence-electron chi connectivity index (χ1n) is 9.42. The molecule has 0 fully saturated rings. The Morgan fingerprint density at radius 3 is 2.87 bits per heavy atom. The average Bonchev–Trinajstić information content (AvgIpc) is 2.68. The molecule has 0 radical (unpaired) electrons. The zero-order valence-electron chi connectivity index (χ0n) is 16.5. The highest BCUT2D eigenvalue weighted by Gasteiger charge is 2.29. The third-order valence-electron chi connectivity index (χ3n) is 4.67. The van der Waals surface area contributed by atoms with Gasteiger partial charge in [0.05, 0.1) is 11.1 Å². The molecule has 0 saturated carbocycles. The molecule has 2 aromatic carbocycles. The average molecular weight is 433 g/mol. The van der Waals surface area contributed by atoms with E-state index in [2.05, 4.69) is 10.6 Å². The molecule has 0 aliphatic carbocycles. The summed E-state index contributed by atoms with van der Waals surface area (Å²) in [4.78, 5) is 24.9. The third-order valence-corrected chi connectivity index (χ3v) is 4.97. The van der Waals surface area contributed by atoms with E-state index >= 15 is 0 Å². The van der Waals surface area contributed by atoms with Crippen molar-refractivity contribution in [3.05, 3.63) is 70.1 Å². The number of amides is 2. The minimum atomic E-state index is -0.677. The van der Waals surface area contributed by atoms with Crippen LogP contribution >= 0.6 is 11.6 Å². The lowest BCUT2D eigenvalue weighted by Crippen LogP contribution is -2.32. The number of hydrogen-bond donors (Lipinski definition) is 3. The third kappa shape index (κ3) is 5.17. The SMILES string of the molecule is Cc1cc(Cl)c(OCC(C)O)cc1NC(=O)C1=CNC(=O)CC1c1cccc(F)c1. The van der Waals surface area contributed by atoms with Crippen LogP contribution in [0.25, 0.3) is 0 Å². The van der Waals surface area contributed by atoms with E-state index in [1.54, 1.807) is 38.1 Å². The van der Waals surface area contributed by atoms with E-state index < -0.39 is 23.7 Å². The zero-order valence-corrected chi connectivity index (χ0v) is 17.3. The van der Waals surface area contributed by atoms with Gasteiger partial charge in [-0.05, 0) is 43.2 Å². The molecule has 2 aromatic rings. The molecule has 0 bridgehead atoms. The highest BCUT2D eigenvalue weighted by molar-refractivity contribution is 6.32. The van der Waals surface area contributed by atoms with Crippen molar-refractivity contribution in [1.29, 1.82) is 0 Å². The number of carbonyl (C=O) groups excluding carboxylic acids is 2. The second-order valence-corrected chi connectivity index (χ2v) is 7.60. The molecule has 30 heavy (non-hydrogen) atoms. The van der Waals surface area contributed by atoms with Gasteiger partial charge in [0.15, 0.2) is 0 Å². The van der Waals surface area contributed by atoms with E-state index in [-0.39, 0.29) is 18.9 Å². The van der Waals surface area contributed by atoms with Crippen molar-refractivity contribution in [2.45, 2.75) is 32.3 Å². The number of ether oxygens (including phenoxy) is 1. The summed E-state index contributed by atoms with van der Waals surface area (Å²) in [5.74, 6) is -1.38. The Kier molecular flexibility index (Phi) is 6.74. The summed E-state index contributed by atoms with van der Waals surface area (Å²) in [5, 5.41) is 15.1. The number of nitrogens with one attached hydrogen (secondary N) is 2. The predicted octanol–water partition coefficient (Wildman–Crippen LogP) is 3.67. The molecule has 6 nitrogen and oxygen atoms in total. The number of benzene rings is 2. The summed E-state index contributed by atoms with van der Waals surface area (Å²) < 4.78 is 19.2.